The molecular weight excluding hydrogens is 372 g/mol. The van der Waals surface area contributed by atoms with E-state index in [0.717, 1.165) is 36.0 Å². The summed E-state index contributed by atoms with van der Waals surface area (Å²) in [5, 5.41) is 5.34. The Morgan fingerprint density at radius 3 is 2.57 bits per heavy atom. The lowest BCUT2D eigenvalue weighted by molar-refractivity contribution is 0.0919. The fourth-order valence-electron chi connectivity index (χ4n) is 4.30. The number of nitrogens with zero attached hydrogens (tertiary/aromatic N) is 1. The second-order valence-corrected chi connectivity index (χ2v) is 7.79. The number of fused-ring (bicyclic) bond motifs is 2. The Labute approximate surface area is 176 Å². The highest BCUT2D eigenvalue weighted by Crippen LogP contribution is 2.28. The van der Waals surface area contributed by atoms with Gasteiger partial charge in [-0.1, -0.05) is 54.6 Å². The van der Waals surface area contributed by atoms with Crippen LogP contribution in [0.1, 0.15) is 33.3 Å². The molecule has 1 aliphatic rings. The number of nitrogens with one attached hydrogen (secondary N) is 1. The van der Waals surface area contributed by atoms with Gasteiger partial charge in [-0.2, -0.15) is 0 Å². The standard InChI is InChI=1S/C26H24N2O2/c29-26(22-12-11-19-6-1-3-8-21(19)16-22)27-17-24(25-10-5-15-30-25)28-14-13-20-7-2-4-9-23(20)18-28/h1-12,15-16,24H,13-14,17-18H2,(H,27,29)/t24-/m0/s1. The molecule has 0 saturated heterocycles. The number of hydrogen-bond acceptors (Lipinski definition) is 3. The third-order valence-electron chi connectivity index (χ3n) is 5.94. The van der Waals surface area contributed by atoms with E-state index in [-0.39, 0.29) is 11.9 Å². The van der Waals surface area contributed by atoms with Crippen LogP contribution in [0.3, 0.4) is 0 Å². The van der Waals surface area contributed by atoms with Gasteiger partial charge in [0, 0.05) is 25.2 Å². The van der Waals surface area contributed by atoms with Gasteiger partial charge in [0.25, 0.3) is 5.91 Å². The molecule has 4 aromatic rings. The summed E-state index contributed by atoms with van der Waals surface area (Å²) in [7, 11) is 0. The van der Waals surface area contributed by atoms with Gasteiger partial charge in [-0.05, 0) is 52.6 Å². The zero-order valence-electron chi connectivity index (χ0n) is 16.8. The minimum absolute atomic E-state index is 0.00207. The van der Waals surface area contributed by atoms with Crippen LogP contribution in [0.5, 0.6) is 0 Å². The van der Waals surface area contributed by atoms with Gasteiger partial charge < -0.3 is 9.73 Å². The first-order valence-corrected chi connectivity index (χ1v) is 10.4. The molecule has 1 aromatic heterocycles. The minimum Gasteiger partial charge on any atom is -0.468 e. The van der Waals surface area contributed by atoms with Crippen molar-refractivity contribution in [3.05, 3.63) is 108 Å². The summed E-state index contributed by atoms with van der Waals surface area (Å²) in [6.07, 6.45) is 2.71. The number of hydrogen-bond donors (Lipinski definition) is 1. The topological polar surface area (TPSA) is 45.5 Å². The molecule has 30 heavy (non-hydrogen) atoms. The summed E-state index contributed by atoms with van der Waals surface area (Å²) in [4.78, 5) is 15.3. The molecule has 3 aromatic carbocycles. The molecule has 0 saturated carbocycles. The van der Waals surface area contributed by atoms with Crippen molar-refractivity contribution >= 4 is 16.7 Å². The molecule has 4 heteroatoms. The quantitative estimate of drug-likeness (QED) is 0.518. The Balaban J connectivity index is 1.34. The number of amides is 1. The van der Waals surface area contributed by atoms with Crippen LogP contribution in [0.25, 0.3) is 10.8 Å². The maximum Gasteiger partial charge on any atom is 0.251 e. The van der Waals surface area contributed by atoms with Crippen molar-refractivity contribution in [1.29, 1.82) is 0 Å². The van der Waals surface area contributed by atoms with Gasteiger partial charge >= 0.3 is 0 Å². The molecule has 0 bridgehead atoms. The first-order chi connectivity index (χ1) is 14.8. The summed E-state index contributed by atoms with van der Waals surface area (Å²) < 4.78 is 5.74. The van der Waals surface area contributed by atoms with Crippen molar-refractivity contribution < 1.29 is 9.21 Å². The Bertz CT molecular complexity index is 1170. The lowest BCUT2D eigenvalue weighted by Gasteiger charge is -2.34. The van der Waals surface area contributed by atoms with E-state index in [1.165, 1.54) is 11.1 Å². The number of benzene rings is 3. The fourth-order valence-corrected chi connectivity index (χ4v) is 4.30. The summed E-state index contributed by atoms with van der Waals surface area (Å²) in [5.74, 6) is 0.822. The zero-order chi connectivity index (χ0) is 20.3. The first-order valence-electron chi connectivity index (χ1n) is 10.4. The van der Waals surface area contributed by atoms with Gasteiger partial charge in [0.05, 0.1) is 12.3 Å². The third-order valence-corrected chi connectivity index (χ3v) is 5.94. The maximum absolute atomic E-state index is 12.9. The lowest BCUT2D eigenvalue weighted by atomic mass is 9.98. The minimum atomic E-state index is -0.0604. The number of carbonyl (C=O) groups excluding carboxylic acids is 1. The molecule has 2 heterocycles. The van der Waals surface area contributed by atoms with E-state index in [2.05, 4.69) is 40.5 Å². The Kier molecular flexibility index (Phi) is 5.08. The second kappa shape index (κ2) is 8.17. The zero-order valence-corrected chi connectivity index (χ0v) is 16.8. The lowest BCUT2D eigenvalue weighted by Crippen LogP contribution is -2.40. The smallest absolute Gasteiger partial charge is 0.251 e. The van der Waals surface area contributed by atoms with E-state index < -0.39 is 0 Å². The van der Waals surface area contributed by atoms with Crippen molar-refractivity contribution in [2.45, 2.75) is 19.0 Å². The molecule has 5 rings (SSSR count). The van der Waals surface area contributed by atoms with Crippen LogP contribution in [0.15, 0.2) is 89.5 Å². The van der Waals surface area contributed by atoms with Crippen LogP contribution in [-0.4, -0.2) is 23.9 Å². The van der Waals surface area contributed by atoms with E-state index in [1.807, 2.05) is 48.5 Å². The molecule has 4 nitrogen and oxygen atoms in total. The van der Waals surface area contributed by atoms with Crippen LogP contribution in [-0.2, 0) is 13.0 Å². The molecule has 0 unspecified atom stereocenters. The van der Waals surface area contributed by atoms with Gasteiger partial charge in [0.1, 0.15) is 5.76 Å². The van der Waals surface area contributed by atoms with Crippen molar-refractivity contribution in [2.24, 2.45) is 0 Å². The van der Waals surface area contributed by atoms with Crippen LogP contribution in [0.2, 0.25) is 0 Å². The summed E-state index contributed by atoms with van der Waals surface area (Å²) in [5.41, 5.74) is 3.43. The molecule has 0 radical (unpaired) electrons. The van der Waals surface area contributed by atoms with Crippen molar-refractivity contribution in [2.75, 3.05) is 13.1 Å². The van der Waals surface area contributed by atoms with Crippen LogP contribution in [0, 0.1) is 0 Å². The van der Waals surface area contributed by atoms with Gasteiger partial charge in [0.2, 0.25) is 0 Å². The van der Waals surface area contributed by atoms with Crippen molar-refractivity contribution in [1.82, 2.24) is 10.2 Å². The maximum atomic E-state index is 12.9. The summed E-state index contributed by atoms with van der Waals surface area (Å²) in [6.45, 7) is 2.29. The second-order valence-electron chi connectivity index (χ2n) is 7.79. The average molecular weight is 396 g/mol. The highest BCUT2D eigenvalue weighted by atomic mass is 16.3. The molecule has 1 aliphatic heterocycles. The largest absolute Gasteiger partial charge is 0.468 e. The normalized spacial score (nSPS) is 14.9. The summed E-state index contributed by atoms with van der Waals surface area (Å²) >= 11 is 0. The number of rotatable bonds is 5. The highest BCUT2D eigenvalue weighted by molar-refractivity contribution is 5.98. The van der Waals surface area contributed by atoms with Gasteiger partial charge in [-0.25, -0.2) is 0 Å². The van der Waals surface area contributed by atoms with E-state index >= 15 is 0 Å². The molecule has 1 atom stereocenters. The van der Waals surface area contributed by atoms with E-state index in [4.69, 9.17) is 4.42 Å². The van der Waals surface area contributed by atoms with E-state index in [9.17, 15) is 4.79 Å². The number of carbonyl (C=O) groups is 1. The van der Waals surface area contributed by atoms with Crippen LogP contribution >= 0.6 is 0 Å². The molecule has 150 valence electrons. The molecule has 0 fully saturated rings. The van der Waals surface area contributed by atoms with E-state index in [1.54, 1.807) is 6.26 Å². The first kappa shape index (κ1) is 18.6. The predicted molar refractivity (Wildman–Crippen MR) is 118 cm³/mol. The molecule has 1 N–H and O–H groups in total. The van der Waals surface area contributed by atoms with Crippen LogP contribution < -0.4 is 5.32 Å². The fraction of sp³-hybridized carbons (Fsp3) is 0.192. The molecule has 0 aliphatic carbocycles. The van der Waals surface area contributed by atoms with E-state index in [0.29, 0.717) is 12.1 Å². The highest BCUT2D eigenvalue weighted by Gasteiger charge is 2.27. The van der Waals surface area contributed by atoms with Gasteiger partial charge in [-0.15, -0.1) is 0 Å². The van der Waals surface area contributed by atoms with Gasteiger partial charge in [0.15, 0.2) is 0 Å². The van der Waals surface area contributed by atoms with Crippen molar-refractivity contribution in [3.8, 4) is 0 Å². The third kappa shape index (κ3) is 3.74. The predicted octanol–water partition coefficient (Wildman–Crippen LogP) is 4.96. The summed E-state index contributed by atoms with van der Waals surface area (Å²) in [6, 6.07) is 26.4. The molecular formula is C26H24N2O2. The molecule has 0 spiro atoms. The average Bonchev–Trinajstić information content (AvgIpc) is 3.33. The Morgan fingerprint density at radius 2 is 1.73 bits per heavy atom. The van der Waals surface area contributed by atoms with Crippen LogP contribution in [0.4, 0.5) is 0 Å². The van der Waals surface area contributed by atoms with Crippen molar-refractivity contribution in [3.63, 3.8) is 0 Å². The molecule has 1 amide bonds. The SMILES string of the molecule is O=C(NC[C@@H](c1ccco1)N1CCc2ccccc2C1)c1ccc2ccccc2c1. The monoisotopic (exact) mass is 396 g/mol. The number of furan rings is 1. The van der Waals surface area contributed by atoms with Gasteiger partial charge in [-0.3, -0.25) is 9.69 Å². The Morgan fingerprint density at radius 1 is 0.933 bits per heavy atom. The Hall–Kier alpha value is -3.37.